The molecule has 0 saturated heterocycles. The number of esters is 1. The van der Waals surface area contributed by atoms with Crippen LogP contribution in [0.2, 0.25) is 0 Å². The summed E-state index contributed by atoms with van der Waals surface area (Å²) in [4.78, 5) is 37.8. The summed E-state index contributed by atoms with van der Waals surface area (Å²) < 4.78 is 6.08. The molecule has 4 aromatic rings. The van der Waals surface area contributed by atoms with Gasteiger partial charge < -0.3 is 10.1 Å². The van der Waals surface area contributed by atoms with Gasteiger partial charge in [0.15, 0.2) is 0 Å². The van der Waals surface area contributed by atoms with Gasteiger partial charge in [-0.2, -0.15) is 5.10 Å². The van der Waals surface area contributed by atoms with Crippen LogP contribution >= 0.6 is 15.9 Å². The van der Waals surface area contributed by atoms with E-state index in [2.05, 4.69) is 31.8 Å². The van der Waals surface area contributed by atoms with Gasteiger partial charge in [-0.05, 0) is 56.9 Å². The highest BCUT2D eigenvalue weighted by Gasteiger charge is 2.22. The molecule has 38 heavy (non-hydrogen) atoms. The summed E-state index contributed by atoms with van der Waals surface area (Å²) in [7, 11) is 0. The van der Waals surface area contributed by atoms with Crippen LogP contribution in [0.3, 0.4) is 0 Å². The van der Waals surface area contributed by atoms with Gasteiger partial charge in [-0.3, -0.25) is 9.59 Å². The van der Waals surface area contributed by atoms with Crippen LogP contribution in [-0.4, -0.2) is 30.5 Å². The molecule has 0 saturated carbocycles. The number of benzene rings is 4. The molecule has 0 aromatic heterocycles. The van der Waals surface area contributed by atoms with Crippen molar-refractivity contribution in [3.63, 3.8) is 0 Å². The highest BCUT2D eigenvalue weighted by atomic mass is 79.9. The van der Waals surface area contributed by atoms with Gasteiger partial charge in [0.05, 0.1) is 24.2 Å². The van der Waals surface area contributed by atoms with Gasteiger partial charge in [0.1, 0.15) is 5.75 Å². The molecule has 2 N–H and O–H groups in total. The van der Waals surface area contributed by atoms with Gasteiger partial charge >= 0.3 is 5.97 Å². The lowest BCUT2D eigenvalue weighted by atomic mass is 9.90. The lowest BCUT2D eigenvalue weighted by Crippen LogP contribution is -2.37. The number of halogens is 1. The number of amides is 2. The summed E-state index contributed by atoms with van der Waals surface area (Å²) in [6, 6.07) is 32.5. The highest BCUT2D eigenvalue weighted by molar-refractivity contribution is 9.10. The van der Waals surface area contributed by atoms with Crippen molar-refractivity contribution in [1.29, 1.82) is 0 Å². The molecule has 0 heterocycles. The van der Waals surface area contributed by atoms with Crippen LogP contribution in [0.5, 0.6) is 5.75 Å². The number of nitrogens with one attached hydrogen (secondary N) is 2. The number of ether oxygens (including phenoxy) is 1. The van der Waals surface area contributed by atoms with Gasteiger partial charge in [0.25, 0.3) is 5.91 Å². The number of hydrogen-bond acceptors (Lipinski definition) is 5. The molecule has 4 rings (SSSR count). The lowest BCUT2D eigenvalue weighted by molar-refractivity contribution is -0.126. The first-order chi connectivity index (χ1) is 18.5. The van der Waals surface area contributed by atoms with E-state index in [1.165, 1.54) is 6.21 Å². The predicted octanol–water partition coefficient (Wildman–Crippen LogP) is 5.07. The molecule has 0 radical (unpaired) electrons. The van der Waals surface area contributed by atoms with Crippen LogP contribution in [0.15, 0.2) is 119 Å². The maximum absolute atomic E-state index is 13.0. The largest absolute Gasteiger partial charge is 0.423 e. The molecular weight excluding hydrogens is 546 g/mol. The van der Waals surface area contributed by atoms with Gasteiger partial charge in [-0.1, -0.05) is 84.9 Å². The summed E-state index contributed by atoms with van der Waals surface area (Å²) in [6.07, 6.45) is 1.42. The standard InChI is InChI=1S/C30H24BrN3O4/c31-26-17-8-7-16-25(26)30(37)38-24-15-9-10-21(18-24)19-33-34-27(35)20-32-29(36)28(22-11-3-1-4-12-22)23-13-5-2-6-14-23/h1-19,28H,20H2,(H,32,36)(H,34,35)/b33-19+. The Kier molecular flexibility index (Phi) is 9.15. The van der Waals surface area contributed by atoms with Gasteiger partial charge in [-0.25, -0.2) is 10.2 Å². The quantitative estimate of drug-likeness (QED) is 0.127. The van der Waals surface area contributed by atoms with E-state index in [0.717, 1.165) is 11.1 Å². The van der Waals surface area contributed by atoms with Crippen molar-refractivity contribution >= 4 is 39.9 Å². The fourth-order valence-corrected chi connectivity index (χ4v) is 4.17. The second-order valence-electron chi connectivity index (χ2n) is 8.21. The molecule has 2 amide bonds. The Morgan fingerprint density at radius 2 is 1.45 bits per heavy atom. The Morgan fingerprint density at radius 3 is 2.11 bits per heavy atom. The Balaban J connectivity index is 1.32. The average Bonchev–Trinajstić information content (AvgIpc) is 2.94. The number of carbonyl (C=O) groups is 3. The van der Waals surface area contributed by atoms with Gasteiger partial charge in [0, 0.05) is 4.47 Å². The summed E-state index contributed by atoms with van der Waals surface area (Å²) in [5.74, 6) is -1.48. The number of nitrogens with zero attached hydrogens (tertiary/aromatic N) is 1. The molecule has 4 aromatic carbocycles. The molecule has 0 atom stereocenters. The molecule has 8 heteroatoms. The molecule has 0 aliphatic rings. The first-order valence-corrected chi connectivity index (χ1v) is 12.6. The fraction of sp³-hybridized carbons (Fsp3) is 0.0667. The van der Waals surface area contributed by atoms with Crippen molar-refractivity contribution in [3.05, 3.63) is 136 Å². The Hall–Kier alpha value is -4.56. The van der Waals surface area contributed by atoms with E-state index < -0.39 is 17.8 Å². The average molecular weight is 570 g/mol. The summed E-state index contributed by atoms with van der Waals surface area (Å²) in [5.41, 5.74) is 5.07. The second-order valence-corrected chi connectivity index (χ2v) is 9.06. The van der Waals surface area contributed by atoms with Gasteiger partial charge in [0.2, 0.25) is 5.91 Å². The molecule has 0 spiro atoms. The minimum atomic E-state index is -0.546. The summed E-state index contributed by atoms with van der Waals surface area (Å²) in [5, 5.41) is 6.64. The van der Waals surface area contributed by atoms with E-state index >= 15 is 0 Å². The SMILES string of the molecule is O=C(CNC(=O)C(c1ccccc1)c1ccccc1)N/N=C/c1cccc(OC(=O)c2ccccc2Br)c1. The van der Waals surface area contributed by atoms with Crippen molar-refractivity contribution in [1.82, 2.24) is 10.7 Å². The van der Waals surface area contributed by atoms with Crippen molar-refractivity contribution in [2.24, 2.45) is 5.10 Å². The van der Waals surface area contributed by atoms with E-state index in [4.69, 9.17) is 4.74 Å². The van der Waals surface area contributed by atoms with Crippen molar-refractivity contribution in [2.45, 2.75) is 5.92 Å². The van der Waals surface area contributed by atoms with E-state index in [9.17, 15) is 14.4 Å². The maximum Gasteiger partial charge on any atom is 0.344 e. The minimum absolute atomic E-state index is 0.240. The predicted molar refractivity (Wildman–Crippen MR) is 149 cm³/mol. The van der Waals surface area contributed by atoms with E-state index in [1.54, 1.807) is 42.5 Å². The first kappa shape index (κ1) is 26.5. The molecule has 0 aliphatic heterocycles. The van der Waals surface area contributed by atoms with E-state index in [1.807, 2.05) is 66.7 Å². The van der Waals surface area contributed by atoms with Crippen LogP contribution in [0.25, 0.3) is 0 Å². The number of hydrazone groups is 1. The normalized spacial score (nSPS) is 10.8. The van der Waals surface area contributed by atoms with Crippen LogP contribution in [0.4, 0.5) is 0 Å². The third-order valence-corrected chi connectivity index (χ3v) is 6.21. The monoisotopic (exact) mass is 569 g/mol. The Bertz CT molecular complexity index is 1400. The minimum Gasteiger partial charge on any atom is -0.423 e. The van der Waals surface area contributed by atoms with Gasteiger partial charge in [-0.15, -0.1) is 0 Å². The number of carbonyl (C=O) groups excluding carboxylic acids is 3. The smallest absolute Gasteiger partial charge is 0.344 e. The van der Waals surface area contributed by atoms with E-state index in [-0.39, 0.29) is 12.5 Å². The zero-order chi connectivity index (χ0) is 26.7. The zero-order valence-corrected chi connectivity index (χ0v) is 21.8. The Labute approximate surface area is 228 Å². The molecule has 190 valence electrons. The van der Waals surface area contributed by atoms with Crippen molar-refractivity contribution in [3.8, 4) is 5.75 Å². The number of hydrogen-bond donors (Lipinski definition) is 2. The fourth-order valence-electron chi connectivity index (χ4n) is 3.72. The van der Waals surface area contributed by atoms with Crippen LogP contribution in [0, 0.1) is 0 Å². The Morgan fingerprint density at radius 1 is 0.816 bits per heavy atom. The van der Waals surface area contributed by atoms with E-state index in [0.29, 0.717) is 21.3 Å². The topological polar surface area (TPSA) is 96.9 Å². The third-order valence-electron chi connectivity index (χ3n) is 5.52. The first-order valence-electron chi connectivity index (χ1n) is 11.8. The molecule has 0 aliphatic carbocycles. The molecular formula is C30H24BrN3O4. The zero-order valence-electron chi connectivity index (χ0n) is 20.2. The van der Waals surface area contributed by atoms with Crippen LogP contribution in [-0.2, 0) is 9.59 Å². The van der Waals surface area contributed by atoms with Crippen LogP contribution < -0.4 is 15.5 Å². The molecule has 0 bridgehead atoms. The maximum atomic E-state index is 13.0. The lowest BCUT2D eigenvalue weighted by Gasteiger charge is -2.17. The van der Waals surface area contributed by atoms with Crippen LogP contribution in [0.1, 0.15) is 33.0 Å². The molecule has 0 fully saturated rings. The summed E-state index contributed by atoms with van der Waals surface area (Å²) in [6.45, 7) is -0.240. The second kappa shape index (κ2) is 13.1. The molecule has 7 nitrogen and oxygen atoms in total. The van der Waals surface area contributed by atoms with Crippen molar-refractivity contribution in [2.75, 3.05) is 6.54 Å². The number of rotatable bonds is 9. The highest BCUT2D eigenvalue weighted by Crippen LogP contribution is 2.24. The molecule has 0 unspecified atom stereocenters. The van der Waals surface area contributed by atoms with Crippen molar-refractivity contribution < 1.29 is 19.1 Å². The third kappa shape index (κ3) is 7.24. The summed E-state index contributed by atoms with van der Waals surface area (Å²) >= 11 is 3.34.